The molecule has 1 saturated carbocycles. The Morgan fingerprint density at radius 3 is 2.38 bits per heavy atom. The van der Waals surface area contributed by atoms with Crippen LogP contribution in [0.25, 0.3) is 0 Å². The van der Waals surface area contributed by atoms with Crippen molar-refractivity contribution in [3.8, 4) is 0 Å². The normalized spacial score (nSPS) is 21.4. The number of nitrogens with one attached hydrogen (secondary N) is 3. The van der Waals surface area contributed by atoms with Gasteiger partial charge in [0.25, 0.3) is 0 Å². The first-order valence-electron chi connectivity index (χ1n) is 9.19. The van der Waals surface area contributed by atoms with E-state index in [1.165, 1.54) is 25.7 Å². The number of aromatic nitrogens is 2. The van der Waals surface area contributed by atoms with Gasteiger partial charge >= 0.3 is 0 Å². The smallest absolute Gasteiger partial charge is 0.247 e. The molecule has 1 aromatic heterocycles. The van der Waals surface area contributed by atoms with Crippen LogP contribution in [0.5, 0.6) is 0 Å². The molecule has 26 heavy (non-hydrogen) atoms. The Balaban J connectivity index is 0.00000243. The van der Waals surface area contributed by atoms with Crippen molar-refractivity contribution in [1.82, 2.24) is 15.5 Å². The second-order valence-electron chi connectivity index (χ2n) is 7.37. The van der Waals surface area contributed by atoms with Crippen LogP contribution in [-0.2, 0) is 14.6 Å². The predicted octanol–water partition coefficient (Wildman–Crippen LogP) is 2.37. The molecule has 1 aliphatic carbocycles. The maximum atomic E-state index is 12.8. The minimum absolute atomic E-state index is 0. The molecule has 3 N–H and O–H groups in total. The Labute approximate surface area is 161 Å². The fourth-order valence-corrected chi connectivity index (χ4v) is 5.36. The first-order chi connectivity index (χ1) is 11.9. The van der Waals surface area contributed by atoms with Crippen LogP contribution in [0.15, 0.2) is 6.07 Å². The minimum atomic E-state index is -3.52. The van der Waals surface area contributed by atoms with E-state index in [1.807, 2.05) is 6.07 Å². The Hall–Kier alpha value is -1.12. The van der Waals surface area contributed by atoms with Gasteiger partial charge in [0.1, 0.15) is 0 Å². The van der Waals surface area contributed by atoms with Gasteiger partial charge in [-0.2, -0.15) is 5.10 Å². The van der Waals surface area contributed by atoms with Crippen molar-refractivity contribution in [2.75, 3.05) is 24.7 Å². The van der Waals surface area contributed by atoms with Crippen LogP contribution < -0.4 is 10.6 Å². The molecule has 3 rings (SSSR count). The lowest BCUT2D eigenvalue weighted by Gasteiger charge is -2.34. The van der Waals surface area contributed by atoms with Crippen LogP contribution in [0.4, 0.5) is 5.82 Å². The second-order valence-corrected chi connectivity index (χ2v) is 9.69. The van der Waals surface area contributed by atoms with Crippen LogP contribution in [0.1, 0.15) is 63.0 Å². The SMILES string of the molecule is CS(=O)(=O)C1(C(=O)Nc2cc(C3CCCCCC3)[nH]n2)CCNCC1.Cl. The molecule has 0 bridgehead atoms. The number of halogens is 1. The van der Waals surface area contributed by atoms with E-state index in [-0.39, 0.29) is 25.2 Å². The third-order valence-electron chi connectivity index (χ3n) is 5.67. The highest BCUT2D eigenvalue weighted by Gasteiger charge is 2.48. The van der Waals surface area contributed by atoms with E-state index in [4.69, 9.17) is 0 Å². The molecule has 1 saturated heterocycles. The molecule has 0 unspecified atom stereocenters. The van der Waals surface area contributed by atoms with Crippen LogP contribution in [0.2, 0.25) is 0 Å². The first kappa shape index (κ1) is 21.2. The van der Waals surface area contributed by atoms with Crippen molar-refractivity contribution in [3.05, 3.63) is 11.8 Å². The van der Waals surface area contributed by atoms with Gasteiger partial charge in [0.2, 0.25) is 5.91 Å². The van der Waals surface area contributed by atoms with Crippen molar-refractivity contribution in [2.45, 2.75) is 62.0 Å². The molecule has 1 aliphatic heterocycles. The predicted molar refractivity (Wildman–Crippen MR) is 105 cm³/mol. The zero-order chi connectivity index (χ0) is 17.9. The fourth-order valence-electron chi connectivity index (χ4n) is 4.03. The number of hydrogen-bond acceptors (Lipinski definition) is 5. The molecule has 0 atom stereocenters. The summed E-state index contributed by atoms with van der Waals surface area (Å²) in [5.41, 5.74) is 1.04. The largest absolute Gasteiger partial charge is 0.317 e. The van der Waals surface area contributed by atoms with Crippen LogP contribution in [0.3, 0.4) is 0 Å². The summed E-state index contributed by atoms with van der Waals surface area (Å²) < 4.78 is 23.3. The summed E-state index contributed by atoms with van der Waals surface area (Å²) >= 11 is 0. The van der Waals surface area contributed by atoms with Crippen molar-refractivity contribution < 1.29 is 13.2 Å². The van der Waals surface area contributed by atoms with E-state index in [0.29, 0.717) is 24.8 Å². The lowest BCUT2D eigenvalue weighted by Crippen LogP contribution is -2.55. The van der Waals surface area contributed by atoms with Gasteiger partial charge in [-0.3, -0.25) is 9.89 Å². The van der Waals surface area contributed by atoms with E-state index in [0.717, 1.165) is 24.8 Å². The number of amides is 1. The molecule has 2 fully saturated rings. The molecule has 0 aromatic carbocycles. The standard InChI is InChI=1S/C17H28N4O3S.ClH/c1-25(23,24)17(8-10-18-11-9-17)16(22)19-15-12-14(20-21-15)13-6-4-2-3-5-7-13;/h12-13,18H,2-11H2,1H3,(H2,19,20,21,22);1H. The van der Waals surface area contributed by atoms with Crippen LogP contribution in [0, 0.1) is 0 Å². The van der Waals surface area contributed by atoms with Crippen molar-refractivity contribution in [1.29, 1.82) is 0 Å². The number of H-pyrrole nitrogens is 1. The summed E-state index contributed by atoms with van der Waals surface area (Å²) in [5.74, 6) is 0.407. The zero-order valence-corrected chi connectivity index (χ0v) is 16.8. The average Bonchev–Trinajstić information content (AvgIpc) is 2.87. The summed E-state index contributed by atoms with van der Waals surface area (Å²) in [7, 11) is -3.52. The molecule has 1 amide bonds. The first-order valence-corrected chi connectivity index (χ1v) is 11.1. The third kappa shape index (κ3) is 4.40. The van der Waals surface area contributed by atoms with Crippen molar-refractivity contribution in [3.63, 3.8) is 0 Å². The van der Waals surface area contributed by atoms with Gasteiger partial charge in [-0.25, -0.2) is 8.42 Å². The molecule has 0 spiro atoms. The number of carbonyl (C=O) groups excluding carboxylic acids is 1. The van der Waals surface area contributed by atoms with Gasteiger partial charge in [0, 0.05) is 23.9 Å². The van der Waals surface area contributed by atoms with Gasteiger partial charge in [-0.15, -0.1) is 12.4 Å². The number of aromatic amines is 1. The molecule has 148 valence electrons. The monoisotopic (exact) mass is 404 g/mol. The molecule has 0 radical (unpaired) electrons. The van der Waals surface area contributed by atoms with Gasteiger partial charge < -0.3 is 10.6 Å². The topological polar surface area (TPSA) is 104 Å². The number of sulfone groups is 1. The quantitative estimate of drug-likeness (QED) is 0.668. The fraction of sp³-hybridized carbons (Fsp3) is 0.765. The van der Waals surface area contributed by atoms with Crippen molar-refractivity contribution in [2.24, 2.45) is 0 Å². The number of nitrogens with zero attached hydrogens (tertiary/aromatic N) is 1. The zero-order valence-electron chi connectivity index (χ0n) is 15.2. The highest BCUT2D eigenvalue weighted by Crippen LogP contribution is 2.32. The Bertz CT molecular complexity index is 705. The van der Waals surface area contributed by atoms with E-state index in [2.05, 4.69) is 20.8 Å². The highest BCUT2D eigenvalue weighted by atomic mass is 35.5. The molecule has 2 heterocycles. The van der Waals surface area contributed by atoms with E-state index in [1.54, 1.807) is 0 Å². The molecule has 1 aromatic rings. The number of hydrogen-bond donors (Lipinski definition) is 3. The maximum absolute atomic E-state index is 12.8. The summed E-state index contributed by atoms with van der Waals surface area (Å²) in [5, 5.41) is 13.1. The van der Waals surface area contributed by atoms with Crippen LogP contribution in [-0.4, -0.2) is 48.6 Å². The van der Waals surface area contributed by atoms with Gasteiger partial charge in [0.15, 0.2) is 20.4 Å². The molecular weight excluding hydrogens is 376 g/mol. The Morgan fingerprint density at radius 1 is 1.19 bits per heavy atom. The minimum Gasteiger partial charge on any atom is -0.317 e. The lowest BCUT2D eigenvalue weighted by atomic mass is 9.95. The van der Waals surface area contributed by atoms with Crippen molar-refractivity contribution >= 4 is 34.0 Å². The molecule has 7 nitrogen and oxygen atoms in total. The number of carbonyl (C=O) groups is 1. The van der Waals surface area contributed by atoms with E-state index in [9.17, 15) is 13.2 Å². The summed E-state index contributed by atoms with van der Waals surface area (Å²) in [6.07, 6.45) is 8.99. The maximum Gasteiger partial charge on any atom is 0.247 e. The lowest BCUT2D eigenvalue weighted by molar-refractivity contribution is -0.119. The second kappa shape index (κ2) is 8.71. The summed E-state index contributed by atoms with van der Waals surface area (Å²) in [4.78, 5) is 12.8. The van der Waals surface area contributed by atoms with Gasteiger partial charge in [-0.1, -0.05) is 25.7 Å². The Morgan fingerprint density at radius 2 is 1.81 bits per heavy atom. The number of rotatable bonds is 4. The van der Waals surface area contributed by atoms with Gasteiger partial charge in [-0.05, 0) is 38.8 Å². The average molecular weight is 405 g/mol. The number of anilines is 1. The van der Waals surface area contributed by atoms with E-state index < -0.39 is 20.5 Å². The van der Waals surface area contributed by atoms with Crippen LogP contribution >= 0.6 is 12.4 Å². The third-order valence-corrected chi connectivity index (χ3v) is 7.68. The van der Waals surface area contributed by atoms with Gasteiger partial charge in [0.05, 0.1) is 0 Å². The summed E-state index contributed by atoms with van der Waals surface area (Å²) in [6.45, 7) is 1.04. The van der Waals surface area contributed by atoms with E-state index >= 15 is 0 Å². The summed E-state index contributed by atoms with van der Waals surface area (Å²) in [6, 6.07) is 1.87. The number of piperidine rings is 1. The Kier molecular flexibility index (Phi) is 7.10. The molecular formula is C17H29ClN4O3S. The molecule has 9 heteroatoms. The highest BCUT2D eigenvalue weighted by molar-refractivity contribution is 7.92. The molecule has 2 aliphatic rings.